The second-order valence-corrected chi connectivity index (χ2v) is 4.83. The van der Waals surface area contributed by atoms with Crippen LogP contribution in [0, 0.1) is 6.92 Å². The molecule has 0 radical (unpaired) electrons. The van der Waals surface area contributed by atoms with Crippen LogP contribution >= 0.6 is 0 Å². The quantitative estimate of drug-likeness (QED) is 0.873. The lowest BCUT2D eigenvalue weighted by atomic mass is 9.77. The fraction of sp³-hybridized carbons (Fsp3) is 0.133. The summed E-state index contributed by atoms with van der Waals surface area (Å²) in [5.41, 5.74) is 0.486. The number of amides is 1. The molecular weight excluding hydrogens is 294 g/mol. The van der Waals surface area contributed by atoms with Crippen molar-refractivity contribution < 1.29 is 22.5 Å². The van der Waals surface area contributed by atoms with Gasteiger partial charge in [0, 0.05) is 5.69 Å². The molecule has 2 aromatic rings. The largest absolute Gasteiger partial charge is 0.509 e. The Balaban J connectivity index is 1.96. The molecule has 0 fully saturated rings. The summed E-state index contributed by atoms with van der Waals surface area (Å²) in [6, 6.07) is 12.5. The van der Waals surface area contributed by atoms with Crippen molar-refractivity contribution >= 4 is 24.2 Å². The van der Waals surface area contributed by atoms with Crippen molar-refractivity contribution in [1.29, 1.82) is 0 Å². The predicted octanol–water partition coefficient (Wildman–Crippen LogP) is 3.80. The minimum atomic E-state index is -5.05. The average Bonchev–Trinajstić information content (AvgIpc) is 2.45. The van der Waals surface area contributed by atoms with Gasteiger partial charge in [-0.15, -0.1) is 5.46 Å². The first-order valence-corrected chi connectivity index (χ1v) is 6.64. The Morgan fingerprint density at radius 2 is 1.82 bits per heavy atom. The van der Waals surface area contributed by atoms with Crippen LogP contribution in [0.15, 0.2) is 48.5 Å². The van der Waals surface area contributed by atoms with E-state index in [4.69, 9.17) is 4.74 Å². The van der Waals surface area contributed by atoms with Crippen LogP contribution in [-0.2, 0) is 11.3 Å². The topological polar surface area (TPSA) is 38.3 Å². The maximum Gasteiger partial charge on any atom is 0.509 e. The molecule has 116 valence electrons. The molecule has 2 aromatic carbocycles. The lowest BCUT2D eigenvalue weighted by Gasteiger charge is -2.18. The SMILES string of the molecule is Cc1cc(NC(=O)OCc2ccccc2)ccc1[B-](F)(F)F. The summed E-state index contributed by atoms with van der Waals surface area (Å²) in [6.07, 6.45) is -0.714. The van der Waals surface area contributed by atoms with Crippen LogP contribution in [0.1, 0.15) is 11.1 Å². The Labute approximate surface area is 126 Å². The van der Waals surface area contributed by atoms with Gasteiger partial charge in [-0.05, 0) is 24.6 Å². The van der Waals surface area contributed by atoms with Gasteiger partial charge < -0.3 is 17.7 Å². The monoisotopic (exact) mass is 308 g/mol. The molecule has 0 aromatic heterocycles. The molecule has 22 heavy (non-hydrogen) atoms. The van der Waals surface area contributed by atoms with Gasteiger partial charge in [-0.25, -0.2) is 4.79 Å². The number of carbonyl (C=O) groups excluding carboxylic acids is 1. The Bertz CT molecular complexity index is 660. The summed E-state index contributed by atoms with van der Waals surface area (Å²) < 4.78 is 43.1. The number of halogens is 3. The number of benzene rings is 2. The second-order valence-electron chi connectivity index (χ2n) is 4.83. The summed E-state index contributed by atoms with van der Waals surface area (Å²) in [7, 11) is 0. The molecule has 0 aliphatic rings. The maximum absolute atomic E-state index is 12.7. The highest BCUT2D eigenvalue weighted by Gasteiger charge is 2.27. The number of anilines is 1. The van der Waals surface area contributed by atoms with Crippen LogP contribution in [0.25, 0.3) is 0 Å². The van der Waals surface area contributed by atoms with Gasteiger partial charge in [0.25, 0.3) is 0 Å². The van der Waals surface area contributed by atoms with E-state index >= 15 is 0 Å². The molecule has 0 heterocycles. The Hall–Kier alpha value is -2.44. The van der Waals surface area contributed by atoms with E-state index < -0.39 is 18.5 Å². The Morgan fingerprint density at radius 3 is 2.41 bits per heavy atom. The second kappa shape index (κ2) is 6.55. The highest BCUT2D eigenvalue weighted by molar-refractivity contribution is 6.74. The first-order chi connectivity index (χ1) is 10.4. The molecular formula is C15H14BF3NO2-. The summed E-state index contributed by atoms with van der Waals surface area (Å²) in [6.45, 7) is -3.61. The van der Waals surface area contributed by atoms with E-state index in [0.717, 1.165) is 11.6 Å². The fourth-order valence-electron chi connectivity index (χ4n) is 2.00. The normalized spacial score (nSPS) is 11.1. The maximum atomic E-state index is 12.7. The molecule has 1 N–H and O–H groups in total. The third-order valence-corrected chi connectivity index (χ3v) is 3.08. The highest BCUT2D eigenvalue weighted by atomic mass is 19.4. The smallest absolute Gasteiger partial charge is 0.445 e. The number of nitrogens with one attached hydrogen (secondary N) is 1. The summed E-state index contributed by atoms with van der Waals surface area (Å²) in [5, 5.41) is 2.41. The third-order valence-electron chi connectivity index (χ3n) is 3.08. The van der Waals surface area contributed by atoms with Crippen LogP contribution in [-0.4, -0.2) is 13.1 Å². The van der Waals surface area contributed by atoms with Crippen molar-refractivity contribution in [3.63, 3.8) is 0 Å². The molecule has 0 aliphatic heterocycles. The molecule has 3 nitrogen and oxygen atoms in total. The lowest BCUT2D eigenvalue weighted by Crippen LogP contribution is -2.36. The van der Waals surface area contributed by atoms with E-state index in [9.17, 15) is 17.7 Å². The van der Waals surface area contributed by atoms with E-state index in [1.165, 1.54) is 19.1 Å². The van der Waals surface area contributed by atoms with Gasteiger partial charge in [0.2, 0.25) is 0 Å². The number of aryl methyl sites for hydroxylation is 1. The summed E-state index contributed by atoms with van der Waals surface area (Å²) in [5.74, 6) is 0. The third kappa shape index (κ3) is 4.28. The average molecular weight is 308 g/mol. The van der Waals surface area contributed by atoms with Crippen molar-refractivity contribution in [2.45, 2.75) is 13.5 Å². The fourth-order valence-corrected chi connectivity index (χ4v) is 2.00. The van der Waals surface area contributed by atoms with Crippen LogP contribution in [0.5, 0.6) is 0 Å². The molecule has 0 atom stereocenters. The van der Waals surface area contributed by atoms with Crippen molar-refractivity contribution in [3.05, 3.63) is 59.7 Å². The van der Waals surface area contributed by atoms with Gasteiger partial charge in [0.15, 0.2) is 0 Å². The number of carbonyl (C=O) groups is 1. The lowest BCUT2D eigenvalue weighted by molar-refractivity contribution is 0.155. The summed E-state index contributed by atoms with van der Waals surface area (Å²) >= 11 is 0. The molecule has 0 spiro atoms. The molecule has 7 heteroatoms. The zero-order valence-corrected chi connectivity index (χ0v) is 11.9. The van der Waals surface area contributed by atoms with Crippen molar-refractivity contribution in [2.75, 3.05) is 5.32 Å². The van der Waals surface area contributed by atoms with Crippen LogP contribution in [0.2, 0.25) is 0 Å². The Kier molecular flexibility index (Phi) is 4.75. The minimum Gasteiger partial charge on any atom is -0.445 e. The minimum absolute atomic E-state index is 0.0633. The van der Waals surface area contributed by atoms with Gasteiger partial charge in [-0.2, -0.15) is 0 Å². The van der Waals surface area contributed by atoms with Crippen molar-refractivity contribution in [1.82, 2.24) is 0 Å². The van der Waals surface area contributed by atoms with Gasteiger partial charge in [0.1, 0.15) is 6.61 Å². The molecule has 2 rings (SSSR count). The zero-order chi connectivity index (χ0) is 16.2. The first kappa shape index (κ1) is 15.9. The highest BCUT2D eigenvalue weighted by Crippen LogP contribution is 2.16. The van der Waals surface area contributed by atoms with E-state index in [1.54, 1.807) is 12.1 Å². The number of ether oxygens (including phenoxy) is 1. The summed E-state index contributed by atoms with van der Waals surface area (Å²) in [4.78, 5) is 11.6. The number of hydrogen-bond donors (Lipinski definition) is 1. The zero-order valence-electron chi connectivity index (χ0n) is 11.9. The van der Waals surface area contributed by atoms with Crippen LogP contribution in [0.3, 0.4) is 0 Å². The van der Waals surface area contributed by atoms with E-state index in [2.05, 4.69) is 5.32 Å². The van der Waals surface area contributed by atoms with Crippen LogP contribution in [0.4, 0.5) is 23.4 Å². The van der Waals surface area contributed by atoms with Crippen LogP contribution < -0.4 is 10.8 Å². The molecule has 0 bridgehead atoms. The standard InChI is InChI=1S/C15H14BF3NO2/c1-11-9-13(7-8-14(11)16(17,18)19)20-15(21)22-10-12-5-3-2-4-6-12/h2-9H,10H2,1H3,(H,20,21)/q-1. The van der Waals surface area contributed by atoms with E-state index in [1.807, 2.05) is 18.2 Å². The van der Waals surface area contributed by atoms with E-state index in [-0.39, 0.29) is 17.9 Å². The molecule has 0 saturated carbocycles. The first-order valence-electron chi connectivity index (χ1n) is 6.64. The van der Waals surface area contributed by atoms with Crippen molar-refractivity contribution in [3.8, 4) is 0 Å². The molecule has 0 unspecified atom stereocenters. The van der Waals surface area contributed by atoms with Crippen molar-refractivity contribution in [2.24, 2.45) is 0 Å². The van der Waals surface area contributed by atoms with Gasteiger partial charge in [-0.1, -0.05) is 42.0 Å². The Morgan fingerprint density at radius 1 is 1.14 bits per heavy atom. The molecule has 0 saturated heterocycles. The predicted molar refractivity (Wildman–Crippen MR) is 80.1 cm³/mol. The van der Waals surface area contributed by atoms with Gasteiger partial charge in [-0.3, -0.25) is 5.32 Å². The van der Waals surface area contributed by atoms with Gasteiger partial charge in [0.05, 0.1) is 0 Å². The molecule has 0 aliphatic carbocycles. The van der Waals surface area contributed by atoms with Gasteiger partial charge >= 0.3 is 13.1 Å². The number of hydrogen-bond acceptors (Lipinski definition) is 2. The van der Waals surface area contributed by atoms with E-state index in [0.29, 0.717) is 0 Å². The number of rotatable bonds is 4. The molecule has 1 amide bonds.